The number of rotatable bonds is 6. The van der Waals surface area contributed by atoms with Crippen molar-refractivity contribution in [3.63, 3.8) is 0 Å². The summed E-state index contributed by atoms with van der Waals surface area (Å²) in [6, 6.07) is 7.85. The van der Waals surface area contributed by atoms with E-state index in [1.165, 1.54) is 11.3 Å². The number of aryl methyl sites for hydroxylation is 1. The molecule has 8 heteroatoms. The minimum atomic E-state index is -0.0167. The molecule has 1 aliphatic heterocycles. The normalized spacial score (nSPS) is 15.1. The summed E-state index contributed by atoms with van der Waals surface area (Å²) in [5.41, 5.74) is 1.97. The fourth-order valence-corrected chi connectivity index (χ4v) is 4.16. The Kier molecular flexibility index (Phi) is 9.70. The van der Waals surface area contributed by atoms with Crippen LogP contribution in [0.1, 0.15) is 42.1 Å². The van der Waals surface area contributed by atoms with Gasteiger partial charge in [0, 0.05) is 12.1 Å². The molecule has 1 aromatic carbocycles. The highest BCUT2D eigenvalue weighted by atomic mass is 35.5. The van der Waals surface area contributed by atoms with Gasteiger partial charge in [-0.1, -0.05) is 6.92 Å². The average molecular weight is 446 g/mol. The Morgan fingerprint density at radius 1 is 1.25 bits per heavy atom. The summed E-state index contributed by atoms with van der Waals surface area (Å²) in [7, 11) is 0. The van der Waals surface area contributed by atoms with Gasteiger partial charge in [0.1, 0.15) is 15.6 Å². The van der Waals surface area contributed by atoms with E-state index >= 15 is 0 Å². The van der Waals surface area contributed by atoms with Crippen molar-refractivity contribution in [1.29, 1.82) is 0 Å². The summed E-state index contributed by atoms with van der Waals surface area (Å²) < 4.78 is 5.48. The number of piperidine rings is 1. The average Bonchev–Trinajstić information content (AvgIpc) is 3.03. The van der Waals surface area contributed by atoms with Crippen LogP contribution in [0.15, 0.2) is 24.3 Å². The number of aromatic nitrogens is 1. The maximum absolute atomic E-state index is 12.7. The Morgan fingerprint density at radius 2 is 1.89 bits per heavy atom. The summed E-state index contributed by atoms with van der Waals surface area (Å²) in [6.45, 7) is 9.52. The van der Waals surface area contributed by atoms with Crippen molar-refractivity contribution in [2.24, 2.45) is 5.41 Å². The summed E-state index contributed by atoms with van der Waals surface area (Å²) >= 11 is 1.45. The number of carbonyl (C=O) groups excluding carboxylic acids is 1. The fourth-order valence-electron chi connectivity index (χ4n) is 3.17. The van der Waals surface area contributed by atoms with Gasteiger partial charge in [0.2, 0.25) is 0 Å². The van der Waals surface area contributed by atoms with Crippen LogP contribution < -0.4 is 15.4 Å². The van der Waals surface area contributed by atoms with E-state index in [-0.39, 0.29) is 36.1 Å². The largest absolute Gasteiger partial charge is 0.494 e. The third-order valence-corrected chi connectivity index (χ3v) is 6.11. The van der Waals surface area contributed by atoms with E-state index in [2.05, 4.69) is 22.5 Å². The zero-order valence-corrected chi connectivity index (χ0v) is 19.0. The molecule has 0 radical (unpaired) electrons. The molecule has 5 nitrogen and oxygen atoms in total. The highest BCUT2D eigenvalue weighted by Crippen LogP contribution is 2.30. The number of halogens is 2. The van der Waals surface area contributed by atoms with E-state index in [4.69, 9.17) is 4.74 Å². The predicted molar refractivity (Wildman–Crippen MR) is 120 cm³/mol. The molecule has 28 heavy (non-hydrogen) atoms. The molecule has 2 N–H and O–H groups in total. The Hall–Kier alpha value is -1.34. The van der Waals surface area contributed by atoms with Gasteiger partial charge in [0.05, 0.1) is 12.3 Å². The number of hydrogen-bond acceptors (Lipinski definition) is 5. The van der Waals surface area contributed by atoms with Crippen LogP contribution in [-0.4, -0.2) is 37.1 Å². The van der Waals surface area contributed by atoms with Crippen molar-refractivity contribution in [3.8, 4) is 16.3 Å². The lowest BCUT2D eigenvalue weighted by molar-refractivity contribution is 0.0925. The molecule has 0 aliphatic carbocycles. The summed E-state index contributed by atoms with van der Waals surface area (Å²) in [5, 5.41) is 7.36. The molecular weight excluding hydrogens is 417 g/mol. The first-order chi connectivity index (χ1) is 12.5. The maximum Gasteiger partial charge on any atom is 0.263 e. The minimum Gasteiger partial charge on any atom is -0.494 e. The van der Waals surface area contributed by atoms with Crippen LogP contribution in [0.3, 0.4) is 0 Å². The molecule has 0 bridgehead atoms. The number of ether oxygens (including phenoxy) is 1. The molecular formula is C20H29Cl2N3O2S. The van der Waals surface area contributed by atoms with Crippen LogP contribution in [0, 0.1) is 12.3 Å². The number of benzene rings is 1. The number of nitrogens with one attached hydrogen (secondary N) is 2. The lowest BCUT2D eigenvalue weighted by Gasteiger charge is -2.34. The van der Waals surface area contributed by atoms with E-state index in [0.717, 1.165) is 47.9 Å². The third-order valence-electron chi connectivity index (χ3n) is 4.90. The van der Waals surface area contributed by atoms with Crippen LogP contribution in [-0.2, 0) is 0 Å². The van der Waals surface area contributed by atoms with Gasteiger partial charge < -0.3 is 15.4 Å². The monoisotopic (exact) mass is 445 g/mol. The van der Waals surface area contributed by atoms with Crippen LogP contribution in [0.4, 0.5) is 0 Å². The van der Waals surface area contributed by atoms with Crippen molar-refractivity contribution >= 4 is 42.1 Å². The number of carbonyl (C=O) groups is 1. The number of amides is 1. The highest BCUT2D eigenvalue weighted by Gasteiger charge is 2.28. The molecule has 0 spiro atoms. The second-order valence-electron chi connectivity index (χ2n) is 7.13. The van der Waals surface area contributed by atoms with Gasteiger partial charge in [-0.2, -0.15) is 0 Å². The van der Waals surface area contributed by atoms with Crippen LogP contribution in [0.25, 0.3) is 10.6 Å². The zero-order valence-electron chi connectivity index (χ0n) is 16.5. The van der Waals surface area contributed by atoms with E-state index < -0.39 is 0 Å². The summed E-state index contributed by atoms with van der Waals surface area (Å²) in [6.07, 6.45) is 2.18. The molecule has 1 aromatic heterocycles. The van der Waals surface area contributed by atoms with Crippen LogP contribution >= 0.6 is 36.2 Å². The molecule has 2 heterocycles. The van der Waals surface area contributed by atoms with E-state index in [1.807, 2.05) is 38.1 Å². The van der Waals surface area contributed by atoms with Crippen LogP contribution in [0.5, 0.6) is 5.75 Å². The molecule has 1 aliphatic rings. The molecule has 1 saturated heterocycles. The molecule has 0 atom stereocenters. The third kappa shape index (κ3) is 6.08. The topological polar surface area (TPSA) is 63.2 Å². The van der Waals surface area contributed by atoms with Crippen molar-refractivity contribution in [2.45, 2.75) is 33.6 Å². The van der Waals surface area contributed by atoms with Gasteiger partial charge >= 0.3 is 0 Å². The lowest BCUT2D eigenvalue weighted by Crippen LogP contribution is -2.42. The molecule has 1 fully saturated rings. The molecule has 0 unspecified atom stereocenters. The van der Waals surface area contributed by atoms with E-state index in [0.29, 0.717) is 18.0 Å². The van der Waals surface area contributed by atoms with Gasteiger partial charge in [-0.05, 0) is 69.5 Å². The Balaban J connectivity index is 0.00000196. The molecule has 156 valence electrons. The van der Waals surface area contributed by atoms with Crippen molar-refractivity contribution in [3.05, 3.63) is 34.8 Å². The number of thiazole rings is 1. The molecule has 3 rings (SSSR count). The van der Waals surface area contributed by atoms with Gasteiger partial charge in [-0.25, -0.2) is 4.98 Å². The maximum atomic E-state index is 12.7. The van der Waals surface area contributed by atoms with Crippen LogP contribution in [0.2, 0.25) is 0 Å². The standard InChI is InChI=1S/C20H27N3O2S.2ClH/c1-4-25-16-7-5-15(6-8-16)19-23-14(2)17(26-19)18(24)22-13-20(3)9-11-21-12-10-20;;/h5-8,21H,4,9-13H2,1-3H3,(H,22,24);2*1H. The smallest absolute Gasteiger partial charge is 0.263 e. The summed E-state index contributed by atoms with van der Waals surface area (Å²) in [5.74, 6) is 0.828. The highest BCUT2D eigenvalue weighted by molar-refractivity contribution is 7.17. The SMILES string of the molecule is CCOc1ccc(-c2nc(C)c(C(=O)NCC3(C)CCNCC3)s2)cc1.Cl.Cl. The quantitative estimate of drug-likeness (QED) is 0.687. The number of hydrogen-bond donors (Lipinski definition) is 2. The predicted octanol–water partition coefficient (Wildman–Crippen LogP) is 4.48. The van der Waals surface area contributed by atoms with E-state index in [1.54, 1.807) is 0 Å². The Bertz CT molecular complexity index is 759. The first-order valence-electron chi connectivity index (χ1n) is 9.20. The summed E-state index contributed by atoms with van der Waals surface area (Å²) in [4.78, 5) is 18.0. The van der Waals surface area contributed by atoms with E-state index in [9.17, 15) is 4.79 Å². The second kappa shape index (κ2) is 11.0. The van der Waals surface area contributed by atoms with Gasteiger partial charge in [0.15, 0.2) is 0 Å². The molecule has 0 saturated carbocycles. The lowest BCUT2D eigenvalue weighted by atomic mass is 9.81. The zero-order chi connectivity index (χ0) is 18.6. The minimum absolute atomic E-state index is 0. The van der Waals surface area contributed by atoms with Gasteiger partial charge in [-0.15, -0.1) is 36.2 Å². The molecule has 2 aromatic rings. The first-order valence-corrected chi connectivity index (χ1v) is 10.0. The van der Waals surface area contributed by atoms with Gasteiger partial charge in [-0.3, -0.25) is 4.79 Å². The first kappa shape index (κ1) is 24.7. The van der Waals surface area contributed by atoms with Crippen molar-refractivity contribution < 1.29 is 9.53 Å². The van der Waals surface area contributed by atoms with Gasteiger partial charge in [0.25, 0.3) is 5.91 Å². The second-order valence-corrected chi connectivity index (χ2v) is 8.13. The molecule has 1 amide bonds. The van der Waals surface area contributed by atoms with Crippen molar-refractivity contribution in [2.75, 3.05) is 26.2 Å². The van der Waals surface area contributed by atoms with Crippen molar-refractivity contribution in [1.82, 2.24) is 15.6 Å². The Labute approximate surface area is 183 Å². The Morgan fingerprint density at radius 3 is 2.50 bits per heavy atom. The fraction of sp³-hybridized carbons (Fsp3) is 0.500. The number of nitrogens with zero attached hydrogens (tertiary/aromatic N) is 1.